The third kappa shape index (κ3) is 2.78. The van der Waals surface area contributed by atoms with Crippen LogP contribution in [0, 0.1) is 0 Å². The summed E-state index contributed by atoms with van der Waals surface area (Å²) in [5.41, 5.74) is 5.97. The number of nitrogens with one attached hydrogen (secondary N) is 1. The van der Waals surface area contributed by atoms with Gasteiger partial charge in [-0.15, -0.1) is 0 Å². The van der Waals surface area contributed by atoms with Crippen LogP contribution >= 0.6 is 0 Å². The van der Waals surface area contributed by atoms with Crippen LogP contribution in [0.15, 0.2) is 0 Å². The van der Waals surface area contributed by atoms with Crippen molar-refractivity contribution >= 4 is 6.03 Å². The van der Waals surface area contributed by atoms with Crippen LogP contribution in [0.4, 0.5) is 4.79 Å². The Morgan fingerprint density at radius 2 is 2.22 bits per heavy atom. The van der Waals surface area contributed by atoms with Gasteiger partial charge in [-0.3, -0.25) is 0 Å². The molecule has 0 aromatic carbocycles. The molecule has 1 unspecified atom stereocenters. The fourth-order valence-corrected chi connectivity index (χ4v) is 2.85. The van der Waals surface area contributed by atoms with E-state index in [1.807, 2.05) is 4.90 Å². The second-order valence-corrected chi connectivity index (χ2v) is 5.38. The van der Waals surface area contributed by atoms with Crippen molar-refractivity contribution in [3.8, 4) is 0 Å². The molecule has 5 nitrogen and oxygen atoms in total. The van der Waals surface area contributed by atoms with E-state index in [0.29, 0.717) is 0 Å². The lowest BCUT2D eigenvalue weighted by Gasteiger charge is -2.40. The molecule has 2 fully saturated rings. The van der Waals surface area contributed by atoms with Gasteiger partial charge in [0, 0.05) is 32.3 Å². The second-order valence-electron chi connectivity index (χ2n) is 5.38. The molecule has 18 heavy (non-hydrogen) atoms. The smallest absolute Gasteiger partial charge is 0.317 e. The number of unbranched alkanes of at least 4 members (excludes halogenated alkanes) is 1. The van der Waals surface area contributed by atoms with Crippen molar-refractivity contribution in [2.45, 2.75) is 50.7 Å². The van der Waals surface area contributed by atoms with E-state index in [2.05, 4.69) is 12.2 Å². The Morgan fingerprint density at radius 1 is 1.50 bits per heavy atom. The number of urea groups is 1. The molecule has 2 aliphatic rings. The number of nitrogens with two attached hydrogens (primary N) is 1. The van der Waals surface area contributed by atoms with Crippen LogP contribution in [-0.4, -0.2) is 48.8 Å². The maximum absolute atomic E-state index is 11.9. The minimum Gasteiger partial charge on any atom is -0.373 e. The number of carbonyl (C=O) groups is 1. The minimum absolute atomic E-state index is 0.0601. The topological polar surface area (TPSA) is 67.6 Å². The van der Waals surface area contributed by atoms with Gasteiger partial charge in [0.05, 0.1) is 5.60 Å². The maximum Gasteiger partial charge on any atom is 0.317 e. The standard InChI is InChI=1S/C13H25N3O2/c1-2-3-7-15-12(17)16-8-5-13(6-9-16)11(14)4-10-18-13/h11H,2-10,14H2,1H3,(H,15,17). The van der Waals surface area contributed by atoms with Gasteiger partial charge in [0.2, 0.25) is 0 Å². The van der Waals surface area contributed by atoms with Crippen molar-refractivity contribution < 1.29 is 9.53 Å². The van der Waals surface area contributed by atoms with Crippen molar-refractivity contribution in [1.29, 1.82) is 0 Å². The first-order chi connectivity index (χ1) is 8.68. The summed E-state index contributed by atoms with van der Waals surface area (Å²) in [5, 5.41) is 2.96. The quantitative estimate of drug-likeness (QED) is 0.742. The molecule has 0 saturated carbocycles. The zero-order valence-electron chi connectivity index (χ0n) is 11.3. The molecule has 2 amide bonds. The zero-order chi connectivity index (χ0) is 13.0. The second kappa shape index (κ2) is 5.89. The van der Waals surface area contributed by atoms with E-state index in [9.17, 15) is 4.79 Å². The summed E-state index contributed by atoms with van der Waals surface area (Å²) in [6, 6.07) is 0.202. The van der Waals surface area contributed by atoms with Crippen LogP contribution in [-0.2, 0) is 4.74 Å². The lowest BCUT2D eigenvalue weighted by atomic mass is 9.85. The van der Waals surface area contributed by atoms with Crippen LogP contribution in [0.2, 0.25) is 0 Å². The lowest BCUT2D eigenvalue weighted by molar-refractivity contribution is -0.0438. The molecule has 104 valence electrons. The Hall–Kier alpha value is -0.810. The number of hydrogen-bond donors (Lipinski definition) is 2. The summed E-state index contributed by atoms with van der Waals surface area (Å²) in [5.74, 6) is 0. The lowest BCUT2D eigenvalue weighted by Crippen LogP contribution is -2.55. The molecule has 0 radical (unpaired) electrons. The summed E-state index contributed by atoms with van der Waals surface area (Å²) < 4.78 is 5.84. The number of amides is 2. The van der Waals surface area contributed by atoms with E-state index in [1.54, 1.807) is 0 Å². The van der Waals surface area contributed by atoms with E-state index in [4.69, 9.17) is 10.5 Å². The molecule has 1 atom stereocenters. The van der Waals surface area contributed by atoms with Gasteiger partial charge in [-0.05, 0) is 25.7 Å². The Morgan fingerprint density at radius 3 is 2.78 bits per heavy atom. The Bertz CT molecular complexity index is 288. The van der Waals surface area contributed by atoms with E-state index >= 15 is 0 Å². The molecule has 2 saturated heterocycles. The first kappa shape index (κ1) is 13.6. The normalized spacial score (nSPS) is 26.6. The van der Waals surface area contributed by atoms with Gasteiger partial charge in [0.1, 0.15) is 0 Å². The van der Waals surface area contributed by atoms with Crippen LogP contribution < -0.4 is 11.1 Å². The third-order valence-corrected chi connectivity index (χ3v) is 4.20. The van der Waals surface area contributed by atoms with Crippen molar-refractivity contribution in [2.24, 2.45) is 5.73 Å². The van der Waals surface area contributed by atoms with E-state index in [0.717, 1.165) is 58.3 Å². The van der Waals surface area contributed by atoms with Crippen molar-refractivity contribution in [3.05, 3.63) is 0 Å². The molecule has 2 aliphatic heterocycles. The number of carbonyl (C=O) groups excluding carboxylic acids is 1. The minimum atomic E-state index is -0.153. The number of likely N-dealkylation sites (tertiary alicyclic amines) is 1. The number of nitrogens with zero attached hydrogens (tertiary/aromatic N) is 1. The van der Waals surface area contributed by atoms with Gasteiger partial charge >= 0.3 is 6.03 Å². The van der Waals surface area contributed by atoms with Crippen molar-refractivity contribution in [2.75, 3.05) is 26.2 Å². The monoisotopic (exact) mass is 255 g/mol. The first-order valence-electron chi connectivity index (χ1n) is 7.10. The molecular formula is C13H25N3O2. The summed E-state index contributed by atoms with van der Waals surface area (Å²) in [7, 11) is 0. The first-order valence-corrected chi connectivity index (χ1v) is 7.10. The Labute approximate surface area is 109 Å². The molecule has 0 aromatic heterocycles. The average molecular weight is 255 g/mol. The summed E-state index contributed by atoms with van der Waals surface area (Å²) in [6.45, 7) is 5.17. The van der Waals surface area contributed by atoms with Crippen LogP contribution in [0.3, 0.4) is 0 Å². The molecule has 0 aromatic rings. The van der Waals surface area contributed by atoms with Crippen LogP contribution in [0.1, 0.15) is 39.0 Å². The summed E-state index contributed by atoms with van der Waals surface area (Å²) >= 11 is 0. The highest BCUT2D eigenvalue weighted by Crippen LogP contribution is 2.34. The molecule has 5 heteroatoms. The molecule has 1 spiro atoms. The van der Waals surface area contributed by atoms with Crippen LogP contribution in [0.5, 0.6) is 0 Å². The number of rotatable bonds is 3. The molecule has 2 rings (SSSR count). The van der Waals surface area contributed by atoms with Gasteiger partial charge in [-0.1, -0.05) is 13.3 Å². The van der Waals surface area contributed by atoms with Gasteiger partial charge in [-0.2, -0.15) is 0 Å². The predicted octanol–water partition coefficient (Wildman–Crippen LogP) is 1.08. The van der Waals surface area contributed by atoms with Gasteiger partial charge in [-0.25, -0.2) is 4.79 Å². The van der Waals surface area contributed by atoms with E-state index < -0.39 is 0 Å². The predicted molar refractivity (Wildman–Crippen MR) is 70.4 cm³/mol. The van der Waals surface area contributed by atoms with Gasteiger partial charge < -0.3 is 20.7 Å². The summed E-state index contributed by atoms with van der Waals surface area (Å²) in [6.07, 6.45) is 4.83. The number of ether oxygens (including phenoxy) is 1. The molecule has 2 heterocycles. The summed E-state index contributed by atoms with van der Waals surface area (Å²) in [4.78, 5) is 13.8. The molecular weight excluding hydrogens is 230 g/mol. The fraction of sp³-hybridized carbons (Fsp3) is 0.923. The molecule has 0 bridgehead atoms. The fourth-order valence-electron chi connectivity index (χ4n) is 2.85. The highest BCUT2D eigenvalue weighted by Gasteiger charge is 2.45. The molecule has 3 N–H and O–H groups in total. The Kier molecular flexibility index (Phi) is 4.45. The average Bonchev–Trinajstić information content (AvgIpc) is 2.72. The number of hydrogen-bond acceptors (Lipinski definition) is 3. The number of piperidine rings is 1. The van der Waals surface area contributed by atoms with Crippen molar-refractivity contribution in [3.63, 3.8) is 0 Å². The van der Waals surface area contributed by atoms with Crippen molar-refractivity contribution in [1.82, 2.24) is 10.2 Å². The third-order valence-electron chi connectivity index (χ3n) is 4.20. The van der Waals surface area contributed by atoms with Crippen LogP contribution in [0.25, 0.3) is 0 Å². The van der Waals surface area contributed by atoms with E-state index in [-0.39, 0.29) is 17.7 Å². The highest BCUT2D eigenvalue weighted by atomic mass is 16.5. The maximum atomic E-state index is 11.9. The van der Waals surface area contributed by atoms with E-state index in [1.165, 1.54) is 0 Å². The highest BCUT2D eigenvalue weighted by molar-refractivity contribution is 5.74. The largest absolute Gasteiger partial charge is 0.373 e. The Balaban J connectivity index is 1.77. The van der Waals surface area contributed by atoms with Gasteiger partial charge in [0.25, 0.3) is 0 Å². The molecule has 0 aliphatic carbocycles. The van der Waals surface area contributed by atoms with Gasteiger partial charge in [0.15, 0.2) is 0 Å². The zero-order valence-corrected chi connectivity index (χ0v) is 11.3. The SMILES string of the molecule is CCCCNC(=O)N1CCC2(CC1)OCCC2N.